The first-order chi connectivity index (χ1) is 5.27. The van der Waals surface area contributed by atoms with Crippen LogP contribution in [0.2, 0.25) is 0 Å². The van der Waals surface area contributed by atoms with E-state index in [-0.39, 0.29) is 24.2 Å². The molecule has 4 nitrogen and oxygen atoms in total. The van der Waals surface area contributed by atoms with E-state index < -0.39 is 0 Å². The van der Waals surface area contributed by atoms with Crippen molar-refractivity contribution >= 4 is 29.5 Å². The van der Waals surface area contributed by atoms with Gasteiger partial charge in [-0.3, -0.25) is 0 Å². The Morgan fingerprint density at radius 1 is 1.42 bits per heavy atom. The van der Waals surface area contributed by atoms with Gasteiger partial charge in [0, 0.05) is 0 Å². The van der Waals surface area contributed by atoms with Crippen LogP contribution in [0.1, 0.15) is 0 Å². The molecule has 2 aromatic rings. The van der Waals surface area contributed by atoms with E-state index >= 15 is 0 Å². The molecule has 0 fully saturated rings. The normalized spacial score (nSPS) is 9.67. The molecule has 1 heterocycles. The number of phenolic OH excluding ortho intramolecular Hbond substituents is 1. The Balaban J connectivity index is 0.000000720. The summed E-state index contributed by atoms with van der Waals surface area (Å²) in [6, 6.07) is 4.96. The Morgan fingerprint density at radius 2 is 2.17 bits per heavy atom. The number of oxazole rings is 1. The minimum absolute atomic E-state index is 0. The number of aromatic nitrogens is 1. The van der Waals surface area contributed by atoms with E-state index in [0.717, 1.165) is 0 Å². The molecule has 0 radical (unpaired) electrons. The molecule has 0 amide bonds. The van der Waals surface area contributed by atoms with Gasteiger partial charge < -0.3 is 15.3 Å². The molecule has 1 aromatic carbocycles. The molecule has 0 atom stereocenters. The fourth-order valence-electron chi connectivity index (χ4n) is 0.951. The van der Waals surface area contributed by atoms with Crippen molar-refractivity contribution in [3.63, 3.8) is 0 Å². The average Bonchev–Trinajstić information content (AvgIpc) is 2.31. The molecule has 0 aliphatic heterocycles. The van der Waals surface area contributed by atoms with Crippen LogP contribution in [0.15, 0.2) is 22.6 Å². The molecule has 0 aliphatic rings. The van der Waals surface area contributed by atoms with Crippen molar-refractivity contribution < 1.29 is 9.52 Å². The number of para-hydroxylation sites is 1. The number of aromatic hydroxyl groups is 1. The van der Waals surface area contributed by atoms with Crippen molar-refractivity contribution in [2.45, 2.75) is 0 Å². The first-order valence-corrected chi connectivity index (χ1v) is 3.11. The van der Waals surface area contributed by atoms with E-state index in [1.165, 1.54) is 6.07 Å². The molecule has 5 heteroatoms. The number of phenols is 1. The highest BCUT2D eigenvalue weighted by atomic mass is 35.5. The number of rotatable bonds is 0. The van der Waals surface area contributed by atoms with E-state index in [4.69, 9.17) is 10.2 Å². The van der Waals surface area contributed by atoms with Gasteiger partial charge in [-0.05, 0) is 12.1 Å². The molecule has 0 aliphatic carbocycles. The maximum absolute atomic E-state index is 9.21. The van der Waals surface area contributed by atoms with Gasteiger partial charge in [-0.25, -0.2) is 0 Å². The molecule has 12 heavy (non-hydrogen) atoms. The second-order valence-electron chi connectivity index (χ2n) is 2.18. The number of nitrogen functional groups attached to an aromatic ring is 1. The van der Waals surface area contributed by atoms with E-state index in [2.05, 4.69) is 4.98 Å². The summed E-state index contributed by atoms with van der Waals surface area (Å²) in [7, 11) is 0. The van der Waals surface area contributed by atoms with Gasteiger partial charge in [0.25, 0.3) is 6.01 Å². The summed E-state index contributed by atoms with van der Waals surface area (Å²) in [5.41, 5.74) is 6.18. The van der Waals surface area contributed by atoms with Gasteiger partial charge in [0.2, 0.25) is 0 Å². The van der Waals surface area contributed by atoms with Crippen LogP contribution in [0.3, 0.4) is 0 Å². The molecule has 64 valence electrons. The third-order valence-corrected chi connectivity index (χ3v) is 1.41. The van der Waals surface area contributed by atoms with Crippen molar-refractivity contribution in [2.24, 2.45) is 0 Å². The number of halogens is 1. The lowest BCUT2D eigenvalue weighted by atomic mass is 10.3. The number of nitrogens with two attached hydrogens (primary N) is 1. The van der Waals surface area contributed by atoms with Crippen molar-refractivity contribution in [3.8, 4) is 5.75 Å². The lowest BCUT2D eigenvalue weighted by molar-refractivity contribution is 0.480. The predicted molar refractivity (Wildman–Crippen MR) is 47.3 cm³/mol. The van der Waals surface area contributed by atoms with Crippen LogP contribution in [-0.2, 0) is 0 Å². The van der Waals surface area contributed by atoms with Crippen LogP contribution in [0.5, 0.6) is 5.75 Å². The van der Waals surface area contributed by atoms with Gasteiger partial charge in [-0.2, -0.15) is 4.98 Å². The summed E-state index contributed by atoms with van der Waals surface area (Å²) in [6.45, 7) is 0. The largest absolute Gasteiger partial charge is 0.506 e. The second-order valence-corrected chi connectivity index (χ2v) is 2.18. The standard InChI is InChI=1S/C7H6N2O2.ClH/c8-7-9-6-4(10)2-1-3-5(6)11-7;/h1-3,10H,(H2,8,9);1H. The number of benzene rings is 1. The molecule has 1 aromatic heterocycles. The first kappa shape index (κ1) is 8.67. The molecule has 0 spiro atoms. The number of fused-ring (bicyclic) bond motifs is 1. The maximum atomic E-state index is 9.21. The minimum Gasteiger partial charge on any atom is -0.506 e. The Labute approximate surface area is 74.4 Å². The Hall–Kier alpha value is -1.42. The van der Waals surface area contributed by atoms with E-state index in [1.54, 1.807) is 12.1 Å². The first-order valence-electron chi connectivity index (χ1n) is 3.11. The molecular weight excluding hydrogens is 180 g/mol. The fourth-order valence-corrected chi connectivity index (χ4v) is 0.951. The van der Waals surface area contributed by atoms with Crippen LogP contribution in [-0.4, -0.2) is 10.1 Å². The highest BCUT2D eigenvalue weighted by Crippen LogP contribution is 2.24. The third-order valence-electron chi connectivity index (χ3n) is 1.41. The van der Waals surface area contributed by atoms with Gasteiger partial charge >= 0.3 is 0 Å². The van der Waals surface area contributed by atoms with Crippen molar-refractivity contribution in [1.29, 1.82) is 0 Å². The highest BCUT2D eigenvalue weighted by molar-refractivity contribution is 5.85. The SMILES string of the molecule is Cl.Nc1nc2c(O)cccc2o1. The van der Waals surface area contributed by atoms with Crippen LogP contribution in [0.4, 0.5) is 6.01 Å². The molecular formula is C7H7ClN2O2. The fraction of sp³-hybridized carbons (Fsp3) is 0. The number of nitrogens with zero attached hydrogens (tertiary/aromatic N) is 1. The zero-order valence-electron chi connectivity index (χ0n) is 6.02. The minimum atomic E-state index is 0. The van der Waals surface area contributed by atoms with Crippen LogP contribution in [0, 0.1) is 0 Å². The maximum Gasteiger partial charge on any atom is 0.293 e. The summed E-state index contributed by atoms with van der Waals surface area (Å²) >= 11 is 0. The molecule has 2 rings (SSSR count). The van der Waals surface area contributed by atoms with E-state index in [0.29, 0.717) is 11.1 Å². The molecule has 0 unspecified atom stereocenters. The number of anilines is 1. The Bertz CT molecular complexity index is 399. The van der Waals surface area contributed by atoms with E-state index in [9.17, 15) is 5.11 Å². The summed E-state index contributed by atoms with van der Waals surface area (Å²) < 4.78 is 4.96. The highest BCUT2D eigenvalue weighted by Gasteiger charge is 2.04. The van der Waals surface area contributed by atoms with E-state index in [1.807, 2.05) is 0 Å². The molecule has 0 bridgehead atoms. The van der Waals surface area contributed by atoms with Gasteiger partial charge in [0.05, 0.1) is 0 Å². The Kier molecular flexibility index (Phi) is 2.10. The van der Waals surface area contributed by atoms with Gasteiger partial charge in [-0.15, -0.1) is 12.4 Å². The van der Waals surface area contributed by atoms with Gasteiger partial charge in [0.1, 0.15) is 5.75 Å². The lowest BCUT2D eigenvalue weighted by Crippen LogP contribution is -1.80. The van der Waals surface area contributed by atoms with Gasteiger partial charge in [0.15, 0.2) is 11.1 Å². The van der Waals surface area contributed by atoms with Crippen molar-refractivity contribution in [1.82, 2.24) is 4.98 Å². The third kappa shape index (κ3) is 1.16. The number of hydrogen-bond acceptors (Lipinski definition) is 4. The molecule has 3 N–H and O–H groups in total. The summed E-state index contributed by atoms with van der Waals surface area (Å²) in [4.78, 5) is 3.77. The predicted octanol–water partition coefficient (Wildman–Crippen LogP) is 1.54. The monoisotopic (exact) mass is 186 g/mol. The molecule has 0 saturated carbocycles. The summed E-state index contributed by atoms with van der Waals surface area (Å²) in [5.74, 6) is 0.0861. The summed E-state index contributed by atoms with van der Waals surface area (Å²) in [6.07, 6.45) is 0. The zero-order valence-corrected chi connectivity index (χ0v) is 6.84. The van der Waals surface area contributed by atoms with Crippen molar-refractivity contribution in [2.75, 3.05) is 5.73 Å². The number of hydrogen-bond donors (Lipinski definition) is 2. The molecule has 0 saturated heterocycles. The van der Waals surface area contributed by atoms with Gasteiger partial charge in [-0.1, -0.05) is 6.07 Å². The van der Waals surface area contributed by atoms with Crippen molar-refractivity contribution in [3.05, 3.63) is 18.2 Å². The summed E-state index contributed by atoms with van der Waals surface area (Å²) in [5, 5.41) is 9.21. The second kappa shape index (κ2) is 2.91. The quantitative estimate of drug-likeness (QED) is 0.655. The zero-order chi connectivity index (χ0) is 7.84. The lowest BCUT2D eigenvalue weighted by Gasteiger charge is -1.87. The average molecular weight is 187 g/mol. The smallest absolute Gasteiger partial charge is 0.293 e. The van der Waals surface area contributed by atoms with Crippen LogP contribution in [0.25, 0.3) is 11.1 Å². The Morgan fingerprint density at radius 3 is 2.83 bits per heavy atom. The van der Waals surface area contributed by atoms with Crippen LogP contribution < -0.4 is 5.73 Å². The van der Waals surface area contributed by atoms with Crippen LogP contribution >= 0.6 is 12.4 Å². The topological polar surface area (TPSA) is 72.3 Å².